The van der Waals surface area contributed by atoms with Crippen LogP contribution >= 0.6 is 7.60 Å². The first-order chi connectivity index (χ1) is 5.38. The van der Waals surface area contributed by atoms with Gasteiger partial charge in [0.2, 0.25) is 0 Å². The molecular weight excluding hydrogens is 185 g/mol. The van der Waals surface area contributed by atoms with Crippen molar-refractivity contribution in [2.45, 2.75) is 6.92 Å². The molecule has 70 valence electrons. The SMILES string of the molecule is C=C(NC(=O)OCC)P(=O)(O)O. The van der Waals surface area contributed by atoms with Crippen molar-refractivity contribution in [2.24, 2.45) is 0 Å². The lowest BCUT2D eigenvalue weighted by Gasteiger charge is -2.08. The van der Waals surface area contributed by atoms with Crippen LogP contribution in [0.4, 0.5) is 4.79 Å². The molecule has 0 fully saturated rings. The van der Waals surface area contributed by atoms with Crippen molar-refractivity contribution >= 4 is 13.7 Å². The molecule has 0 rings (SSSR count). The Bertz CT molecular complexity index is 232. The maximum Gasteiger partial charge on any atom is 0.411 e. The number of hydrogen-bond acceptors (Lipinski definition) is 3. The molecule has 1 amide bonds. The number of alkyl carbamates (subject to hydrolysis) is 1. The molecule has 0 spiro atoms. The third kappa shape index (κ3) is 4.12. The first-order valence-corrected chi connectivity index (χ1v) is 4.68. The van der Waals surface area contributed by atoms with E-state index in [-0.39, 0.29) is 6.61 Å². The number of amides is 1. The van der Waals surface area contributed by atoms with E-state index in [1.54, 1.807) is 12.2 Å². The second kappa shape index (κ2) is 4.25. The van der Waals surface area contributed by atoms with Crippen molar-refractivity contribution in [3.63, 3.8) is 0 Å². The first kappa shape index (κ1) is 11.2. The molecule has 12 heavy (non-hydrogen) atoms. The Hall–Kier alpha value is -0.840. The molecule has 0 saturated carbocycles. The Kier molecular flexibility index (Phi) is 3.95. The number of carbonyl (C=O) groups excluding carboxylic acids is 1. The van der Waals surface area contributed by atoms with Crippen LogP contribution < -0.4 is 5.32 Å². The number of carbonyl (C=O) groups is 1. The van der Waals surface area contributed by atoms with Crippen LogP contribution in [0.1, 0.15) is 6.92 Å². The fourth-order valence-corrected chi connectivity index (χ4v) is 0.595. The van der Waals surface area contributed by atoms with Gasteiger partial charge in [0.1, 0.15) is 5.44 Å². The molecule has 0 saturated heterocycles. The number of rotatable bonds is 3. The minimum absolute atomic E-state index is 0.125. The molecule has 0 aromatic carbocycles. The van der Waals surface area contributed by atoms with Crippen LogP contribution in [0, 0.1) is 0 Å². The standard InChI is InChI=1S/C5H10NO5P/c1-3-11-5(7)6-4(2)12(8,9)10/h2-3H2,1H3,(H,6,7)(H2,8,9,10). The molecule has 7 heteroatoms. The molecule has 0 aliphatic rings. The van der Waals surface area contributed by atoms with Crippen molar-refractivity contribution in [1.82, 2.24) is 5.32 Å². The highest BCUT2D eigenvalue weighted by molar-refractivity contribution is 7.56. The van der Waals surface area contributed by atoms with Gasteiger partial charge in [0, 0.05) is 0 Å². The number of nitrogens with one attached hydrogen (secondary N) is 1. The van der Waals surface area contributed by atoms with Gasteiger partial charge in [-0.05, 0) is 6.92 Å². The summed E-state index contributed by atoms with van der Waals surface area (Å²) in [5.74, 6) is 0. The largest absolute Gasteiger partial charge is 0.450 e. The lowest BCUT2D eigenvalue weighted by Crippen LogP contribution is -2.23. The molecular formula is C5H10NO5P. The lowest BCUT2D eigenvalue weighted by atomic mass is 10.8. The third-order valence-electron chi connectivity index (χ3n) is 0.873. The summed E-state index contributed by atoms with van der Waals surface area (Å²) in [5, 5.41) is 1.80. The Labute approximate surface area is 69.4 Å². The molecule has 0 aliphatic carbocycles. The number of hydrogen-bond donors (Lipinski definition) is 3. The van der Waals surface area contributed by atoms with Gasteiger partial charge in [-0.3, -0.25) is 9.88 Å². The van der Waals surface area contributed by atoms with E-state index < -0.39 is 19.1 Å². The molecule has 0 unspecified atom stereocenters. The summed E-state index contributed by atoms with van der Waals surface area (Å²) >= 11 is 0. The van der Waals surface area contributed by atoms with Gasteiger partial charge in [-0.2, -0.15) is 0 Å². The van der Waals surface area contributed by atoms with Crippen LogP contribution in [0.25, 0.3) is 0 Å². The minimum atomic E-state index is -4.44. The van der Waals surface area contributed by atoms with Gasteiger partial charge in [-0.1, -0.05) is 6.58 Å². The van der Waals surface area contributed by atoms with Crippen LogP contribution in [0.2, 0.25) is 0 Å². The van der Waals surface area contributed by atoms with Crippen molar-refractivity contribution in [3.8, 4) is 0 Å². The lowest BCUT2D eigenvalue weighted by molar-refractivity contribution is 0.155. The van der Waals surface area contributed by atoms with E-state index in [0.717, 1.165) is 0 Å². The van der Waals surface area contributed by atoms with Crippen LogP contribution in [-0.4, -0.2) is 22.5 Å². The average molecular weight is 195 g/mol. The maximum absolute atomic E-state index is 10.6. The van der Waals surface area contributed by atoms with Gasteiger partial charge in [0.25, 0.3) is 0 Å². The van der Waals surface area contributed by atoms with Crippen molar-refractivity contribution in [3.05, 3.63) is 12.0 Å². The summed E-state index contributed by atoms with van der Waals surface area (Å²) < 4.78 is 14.7. The molecule has 0 heterocycles. The van der Waals surface area contributed by atoms with Crippen LogP contribution in [0.3, 0.4) is 0 Å². The molecule has 0 aliphatic heterocycles. The van der Waals surface area contributed by atoms with Gasteiger partial charge < -0.3 is 14.5 Å². The Morgan fingerprint density at radius 1 is 1.67 bits per heavy atom. The van der Waals surface area contributed by atoms with Gasteiger partial charge in [0.15, 0.2) is 0 Å². The van der Waals surface area contributed by atoms with Gasteiger partial charge in [-0.15, -0.1) is 0 Å². The fourth-order valence-electron chi connectivity index (χ4n) is 0.358. The van der Waals surface area contributed by atoms with Gasteiger partial charge in [-0.25, -0.2) is 4.79 Å². The summed E-state index contributed by atoms with van der Waals surface area (Å²) in [4.78, 5) is 27.5. The van der Waals surface area contributed by atoms with Crippen molar-refractivity contribution in [2.75, 3.05) is 6.61 Å². The number of ether oxygens (including phenoxy) is 1. The highest BCUT2D eigenvalue weighted by atomic mass is 31.2. The van der Waals surface area contributed by atoms with Gasteiger partial charge >= 0.3 is 13.7 Å². The predicted molar refractivity (Wildman–Crippen MR) is 41.3 cm³/mol. The molecule has 0 bridgehead atoms. The Morgan fingerprint density at radius 2 is 2.17 bits per heavy atom. The molecule has 6 nitrogen and oxygen atoms in total. The topological polar surface area (TPSA) is 95.9 Å². The molecule has 0 radical (unpaired) electrons. The molecule has 0 aromatic heterocycles. The van der Waals surface area contributed by atoms with Gasteiger partial charge in [0.05, 0.1) is 6.61 Å². The second-order valence-electron chi connectivity index (χ2n) is 1.84. The second-order valence-corrected chi connectivity index (χ2v) is 3.46. The maximum atomic E-state index is 10.6. The smallest absolute Gasteiger partial charge is 0.411 e. The van der Waals surface area contributed by atoms with Crippen molar-refractivity contribution in [1.29, 1.82) is 0 Å². The van der Waals surface area contributed by atoms with E-state index in [9.17, 15) is 9.36 Å². The van der Waals surface area contributed by atoms with E-state index in [1.165, 1.54) is 0 Å². The van der Waals surface area contributed by atoms with E-state index >= 15 is 0 Å². The highest BCUT2D eigenvalue weighted by Gasteiger charge is 2.20. The zero-order valence-electron chi connectivity index (χ0n) is 6.48. The summed E-state index contributed by atoms with van der Waals surface area (Å²) in [6.07, 6.45) is -0.925. The van der Waals surface area contributed by atoms with Crippen LogP contribution in [0.5, 0.6) is 0 Å². The predicted octanol–water partition coefficient (Wildman–Crippen LogP) is 0.381. The third-order valence-corrected chi connectivity index (χ3v) is 1.69. The molecule has 3 N–H and O–H groups in total. The van der Waals surface area contributed by atoms with Crippen LogP contribution in [-0.2, 0) is 9.30 Å². The highest BCUT2D eigenvalue weighted by Crippen LogP contribution is 2.41. The Morgan fingerprint density at radius 3 is 2.50 bits per heavy atom. The van der Waals surface area contributed by atoms with E-state index in [0.29, 0.717) is 0 Å². The summed E-state index contributed by atoms with van der Waals surface area (Å²) in [6.45, 7) is 4.67. The normalized spacial score (nSPS) is 10.6. The molecule has 0 aromatic rings. The fraction of sp³-hybridized carbons (Fsp3) is 0.400. The van der Waals surface area contributed by atoms with Crippen LogP contribution in [0.15, 0.2) is 12.0 Å². The van der Waals surface area contributed by atoms with Crippen molar-refractivity contribution < 1.29 is 23.9 Å². The Balaban J connectivity index is 4.03. The van der Waals surface area contributed by atoms with E-state index in [4.69, 9.17) is 9.79 Å². The minimum Gasteiger partial charge on any atom is -0.450 e. The zero-order valence-corrected chi connectivity index (χ0v) is 7.38. The zero-order chi connectivity index (χ0) is 9.78. The quantitative estimate of drug-likeness (QED) is 0.566. The average Bonchev–Trinajstić information content (AvgIpc) is 1.85. The summed E-state index contributed by atoms with van der Waals surface area (Å²) in [7, 11) is -4.44. The molecule has 0 atom stereocenters. The monoisotopic (exact) mass is 195 g/mol. The summed E-state index contributed by atoms with van der Waals surface area (Å²) in [5.41, 5.74) is -0.666. The van der Waals surface area contributed by atoms with E-state index in [2.05, 4.69) is 11.3 Å². The summed E-state index contributed by atoms with van der Waals surface area (Å²) in [6, 6.07) is 0. The first-order valence-electron chi connectivity index (χ1n) is 3.06. The van der Waals surface area contributed by atoms with E-state index in [1.807, 2.05) is 0 Å².